The molecule has 1 heterocycles. The van der Waals surface area contributed by atoms with Gasteiger partial charge in [0.15, 0.2) is 5.96 Å². The zero-order valence-corrected chi connectivity index (χ0v) is 16.0. The number of hydrogen-bond acceptors (Lipinski definition) is 2. The van der Waals surface area contributed by atoms with Crippen LogP contribution >= 0.6 is 24.0 Å². The van der Waals surface area contributed by atoms with Crippen molar-refractivity contribution >= 4 is 29.9 Å². The molecule has 0 saturated carbocycles. The van der Waals surface area contributed by atoms with Gasteiger partial charge in [-0.3, -0.25) is 9.98 Å². The first-order valence-electron chi connectivity index (χ1n) is 7.79. The topological polar surface area (TPSA) is 49.3 Å². The van der Waals surface area contributed by atoms with Crippen LogP contribution in [-0.4, -0.2) is 24.0 Å². The first-order chi connectivity index (χ1) is 10.8. The summed E-state index contributed by atoms with van der Waals surface area (Å²) in [5.74, 6) is 0.842. The largest absolute Gasteiger partial charge is 0.357 e. The third kappa shape index (κ3) is 6.99. The highest BCUT2D eigenvalue weighted by Gasteiger charge is 2.06. The number of hydrogen-bond donors (Lipinski definition) is 2. The molecule has 0 aliphatic rings. The molecule has 124 valence electrons. The van der Waals surface area contributed by atoms with Gasteiger partial charge in [0.05, 0.1) is 6.04 Å². The Bertz CT molecular complexity index is 572. The van der Waals surface area contributed by atoms with Gasteiger partial charge in [-0.2, -0.15) is 0 Å². The van der Waals surface area contributed by atoms with Crippen LogP contribution < -0.4 is 10.6 Å². The summed E-state index contributed by atoms with van der Waals surface area (Å²) in [6.45, 7) is 5.77. The van der Waals surface area contributed by atoms with Crippen LogP contribution in [0.3, 0.4) is 0 Å². The Kier molecular flexibility index (Phi) is 9.28. The number of aromatic nitrogens is 1. The molecular weight excluding hydrogens is 399 g/mol. The summed E-state index contributed by atoms with van der Waals surface area (Å²) in [5, 5.41) is 6.73. The molecule has 0 saturated heterocycles. The van der Waals surface area contributed by atoms with E-state index in [0.29, 0.717) is 6.54 Å². The van der Waals surface area contributed by atoms with Crippen LogP contribution in [0.15, 0.2) is 59.7 Å². The van der Waals surface area contributed by atoms with E-state index >= 15 is 0 Å². The van der Waals surface area contributed by atoms with Gasteiger partial charge in [0.25, 0.3) is 0 Å². The molecule has 0 aliphatic heterocycles. The summed E-state index contributed by atoms with van der Waals surface area (Å²) in [6.07, 6.45) is 2.66. The van der Waals surface area contributed by atoms with E-state index in [2.05, 4.69) is 58.7 Å². The number of pyridine rings is 1. The van der Waals surface area contributed by atoms with Gasteiger partial charge in [0.1, 0.15) is 0 Å². The van der Waals surface area contributed by atoms with Crippen molar-refractivity contribution in [3.63, 3.8) is 0 Å². The Labute approximate surface area is 155 Å². The molecule has 1 aromatic carbocycles. The Balaban J connectivity index is 0.00000264. The molecule has 1 aromatic heterocycles. The number of nitrogens with one attached hydrogen (secondary N) is 2. The lowest BCUT2D eigenvalue weighted by molar-refractivity contribution is 0.686. The average Bonchev–Trinajstić information content (AvgIpc) is 2.57. The average molecular weight is 424 g/mol. The molecule has 2 aromatic rings. The Hall–Kier alpha value is -1.63. The molecule has 0 spiro atoms. The summed E-state index contributed by atoms with van der Waals surface area (Å²) in [5.41, 5.74) is 2.32. The predicted molar refractivity (Wildman–Crippen MR) is 107 cm³/mol. The van der Waals surface area contributed by atoms with E-state index in [1.54, 1.807) is 0 Å². The second kappa shape index (κ2) is 11.0. The standard InChI is InChI=1S/C18H24N4.HI/c1-3-19-18(21-14-12-17-11-7-8-13-20-17)22-15(2)16-9-5-4-6-10-16;/h4-11,13,15H,3,12,14H2,1-2H3,(H2,19,21,22);1H. The van der Waals surface area contributed by atoms with Crippen molar-refractivity contribution in [3.8, 4) is 0 Å². The summed E-state index contributed by atoms with van der Waals surface area (Å²) in [6, 6.07) is 16.6. The van der Waals surface area contributed by atoms with Crippen molar-refractivity contribution in [2.75, 3.05) is 13.1 Å². The van der Waals surface area contributed by atoms with Crippen molar-refractivity contribution in [1.82, 2.24) is 15.6 Å². The maximum absolute atomic E-state index is 4.63. The van der Waals surface area contributed by atoms with Crippen molar-refractivity contribution in [1.29, 1.82) is 0 Å². The van der Waals surface area contributed by atoms with E-state index in [-0.39, 0.29) is 30.0 Å². The lowest BCUT2D eigenvalue weighted by Crippen LogP contribution is -2.38. The smallest absolute Gasteiger partial charge is 0.191 e. The minimum Gasteiger partial charge on any atom is -0.357 e. The normalized spacial score (nSPS) is 12.2. The lowest BCUT2D eigenvalue weighted by atomic mass is 10.1. The van der Waals surface area contributed by atoms with Gasteiger partial charge < -0.3 is 10.6 Å². The van der Waals surface area contributed by atoms with Crippen molar-refractivity contribution in [2.24, 2.45) is 4.99 Å². The van der Waals surface area contributed by atoms with E-state index < -0.39 is 0 Å². The fourth-order valence-corrected chi connectivity index (χ4v) is 2.18. The van der Waals surface area contributed by atoms with Crippen LogP contribution in [0.4, 0.5) is 0 Å². The lowest BCUT2D eigenvalue weighted by Gasteiger charge is -2.18. The molecule has 2 N–H and O–H groups in total. The first-order valence-corrected chi connectivity index (χ1v) is 7.79. The molecule has 0 fully saturated rings. The van der Waals surface area contributed by atoms with Gasteiger partial charge in [-0.15, -0.1) is 24.0 Å². The summed E-state index contributed by atoms with van der Waals surface area (Å²) < 4.78 is 0. The second-order valence-corrected chi connectivity index (χ2v) is 5.11. The molecule has 2 rings (SSSR count). The third-order valence-electron chi connectivity index (χ3n) is 3.36. The fraction of sp³-hybridized carbons (Fsp3) is 0.333. The van der Waals surface area contributed by atoms with Crippen molar-refractivity contribution in [3.05, 3.63) is 66.0 Å². The zero-order valence-electron chi connectivity index (χ0n) is 13.7. The van der Waals surface area contributed by atoms with Crippen LogP contribution in [-0.2, 0) is 6.42 Å². The first kappa shape index (κ1) is 19.4. The van der Waals surface area contributed by atoms with Crippen molar-refractivity contribution < 1.29 is 0 Å². The molecule has 0 bridgehead atoms. The Morgan fingerprint density at radius 1 is 1.13 bits per heavy atom. The van der Waals surface area contributed by atoms with Crippen LogP contribution in [0, 0.1) is 0 Å². The number of halogens is 1. The minimum atomic E-state index is 0. The van der Waals surface area contributed by atoms with Gasteiger partial charge >= 0.3 is 0 Å². The van der Waals surface area contributed by atoms with Gasteiger partial charge in [-0.1, -0.05) is 36.4 Å². The van der Waals surface area contributed by atoms with Gasteiger partial charge in [0, 0.05) is 31.4 Å². The van der Waals surface area contributed by atoms with E-state index in [1.807, 2.05) is 30.5 Å². The van der Waals surface area contributed by atoms with Gasteiger partial charge in [0.2, 0.25) is 0 Å². The van der Waals surface area contributed by atoms with Crippen LogP contribution in [0.25, 0.3) is 0 Å². The molecule has 4 nitrogen and oxygen atoms in total. The van der Waals surface area contributed by atoms with E-state index in [4.69, 9.17) is 0 Å². The number of rotatable bonds is 6. The maximum Gasteiger partial charge on any atom is 0.191 e. The molecule has 0 radical (unpaired) electrons. The summed E-state index contributed by atoms with van der Waals surface area (Å²) >= 11 is 0. The van der Waals surface area contributed by atoms with E-state index in [1.165, 1.54) is 5.56 Å². The summed E-state index contributed by atoms with van der Waals surface area (Å²) in [4.78, 5) is 8.95. The number of benzene rings is 1. The molecule has 5 heteroatoms. The Morgan fingerprint density at radius 3 is 2.52 bits per heavy atom. The Morgan fingerprint density at radius 2 is 1.87 bits per heavy atom. The molecule has 0 aliphatic carbocycles. The number of guanidine groups is 1. The van der Waals surface area contributed by atoms with Crippen LogP contribution in [0.2, 0.25) is 0 Å². The highest BCUT2D eigenvalue weighted by Crippen LogP contribution is 2.10. The molecule has 23 heavy (non-hydrogen) atoms. The molecular formula is C18H25IN4. The van der Waals surface area contributed by atoms with Crippen LogP contribution in [0.5, 0.6) is 0 Å². The van der Waals surface area contributed by atoms with Gasteiger partial charge in [-0.25, -0.2) is 0 Å². The zero-order chi connectivity index (χ0) is 15.6. The molecule has 1 atom stereocenters. The predicted octanol–water partition coefficient (Wildman–Crippen LogP) is 3.56. The number of aliphatic imine (C=N–C) groups is 1. The fourth-order valence-electron chi connectivity index (χ4n) is 2.18. The van der Waals surface area contributed by atoms with E-state index in [9.17, 15) is 0 Å². The minimum absolute atomic E-state index is 0. The van der Waals surface area contributed by atoms with Crippen LogP contribution in [0.1, 0.15) is 31.1 Å². The summed E-state index contributed by atoms with van der Waals surface area (Å²) in [7, 11) is 0. The quantitative estimate of drug-likeness (QED) is 0.424. The van der Waals surface area contributed by atoms with Crippen molar-refractivity contribution in [2.45, 2.75) is 26.3 Å². The molecule has 0 amide bonds. The SMILES string of the molecule is CCNC(=NCCc1ccccn1)NC(C)c1ccccc1.I. The van der Waals surface area contributed by atoms with Gasteiger partial charge in [-0.05, 0) is 31.5 Å². The number of nitrogens with zero attached hydrogens (tertiary/aromatic N) is 2. The molecule has 1 unspecified atom stereocenters. The highest BCUT2D eigenvalue weighted by atomic mass is 127. The monoisotopic (exact) mass is 424 g/mol. The van der Waals surface area contributed by atoms with E-state index in [0.717, 1.165) is 24.6 Å². The highest BCUT2D eigenvalue weighted by molar-refractivity contribution is 14.0. The maximum atomic E-state index is 4.63. The second-order valence-electron chi connectivity index (χ2n) is 5.11. The third-order valence-corrected chi connectivity index (χ3v) is 3.36.